The number of halogens is 2. The number of amides is 1. The third-order valence-corrected chi connectivity index (χ3v) is 4.37. The van der Waals surface area contributed by atoms with Gasteiger partial charge in [-0.1, -0.05) is 23.7 Å². The van der Waals surface area contributed by atoms with E-state index < -0.39 is 0 Å². The predicted octanol–water partition coefficient (Wildman–Crippen LogP) is 4.21. The summed E-state index contributed by atoms with van der Waals surface area (Å²) in [5.74, 6) is 0.743. The van der Waals surface area contributed by atoms with Gasteiger partial charge in [0.15, 0.2) is 0 Å². The van der Waals surface area contributed by atoms with Crippen LogP contribution in [0, 0.1) is 3.57 Å². The molecular formula is C15H13ClINO3. The molecule has 110 valence electrons. The van der Waals surface area contributed by atoms with Crippen molar-refractivity contribution in [3.05, 3.63) is 50.6 Å². The molecule has 2 aromatic carbocycles. The minimum absolute atomic E-state index is 0.311. The fraction of sp³-hybridized carbons (Fsp3) is 0.133. The maximum atomic E-state index is 12.4. The van der Waals surface area contributed by atoms with Gasteiger partial charge in [0.25, 0.3) is 5.91 Å². The number of rotatable bonds is 4. The van der Waals surface area contributed by atoms with E-state index in [9.17, 15) is 4.79 Å². The molecule has 2 aromatic rings. The zero-order chi connectivity index (χ0) is 15.4. The predicted molar refractivity (Wildman–Crippen MR) is 91.7 cm³/mol. The second-order valence-corrected chi connectivity index (χ2v) is 5.69. The van der Waals surface area contributed by atoms with Crippen LogP contribution in [0.1, 0.15) is 10.4 Å². The molecule has 0 atom stereocenters. The van der Waals surface area contributed by atoms with Crippen molar-refractivity contribution in [3.8, 4) is 11.5 Å². The summed E-state index contributed by atoms with van der Waals surface area (Å²) < 4.78 is 11.3. The molecule has 21 heavy (non-hydrogen) atoms. The summed E-state index contributed by atoms with van der Waals surface area (Å²) >= 11 is 8.17. The molecule has 0 radical (unpaired) electrons. The SMILES string of the molecule is COc1ccccc1NC(=O)c1cc(Cl)c(I)cc1OC. The summed E-state index contributed by atoms with van der Waals surface area (Å²) in [4.78, 5) is 12.4. The Hall–Kier alpha value is -1.47. The maximum absolute atomic E-state index is 12.4. The molecule has 0 unspecified atom stereocenters. The van der Waals surface area contributed by atoms with Gasteiger partial charge in [0, 0.05) is 3.57 Å². The van der Waals surface area contributed by atoms with Crippen molar-refractivity contribution < 1.29 is 14.3 Å². The lowest BCUT2D eigenvalue weighted by molar-refractivity contribution is 0.102. The summed E-state index contributed by atoms with van der Waals surface area (Å²) in [6, 6.07) is 10.5. The highest BCUT2D eigenvalue weighted by atomic mass is 127. The number of methoxy groups -OCH3 is 2. The van der Waals surface area contributed by atoms with E-state index in [0.717, 1.165) is 3.57 Å². The number of benzene rings is 2. The van der Waals surface area contributed by atoms with E-state index in [1.807, 2.05) is 12.1 Å². The van der Waals surface area contributed by atoms with Gasteiger partial charge in [0.2, 0.25) is 0 Å². The Labute approximate surface area is 141 Å². The molecule has 0 saturated carbocycles. The maximum Gasteiger partial charge on any atom is 0.259 e. The number of ether oxygens (including phenoxy) is 2. The van der Waals surface area contributed by atoms with E-state index in [2.05, 4.69) is 27.9 Å². The quantitative estimate of drug-likeness (QED) is 0.758. The number of hydrogen-bond donors (Lipinski definition) is 1. The average molecular weight is 418 g/mol. The molecule has 0 heterocycles. The molecule has 0 aromatic heterocycles. The monoisotopic (exact) mass is 417 g/mol. The first-order valence-corrected chi connectivity index (χ1v) is 7.50. The number of hydrogen-bond acceptors (Lipinski definition) is 3. The summed E-state index contributed by atoms with van der Waals surface area (Å²) in [5.41, 5.74) is 0.954. The van der Waals surface area contributed by atoms with Crippen LogP contribution < -0.4 is 14.8 Å². The van der Waals surface area contributed by atoms with E-state index in [4.69, 9.17) is 21.1 Å². The van der Waals surface area contributed by atoms with Crippen molar-refractivity contribution in [2.75, 3.05) is 19.5 Å². The topological polar surface area (TPSA) is 47.6 Å². The molecule has 1 N–H and O–H groups in total. The minimum Gasteiger partial charge on any atom is -0.496 e. The first-order chi connectivity index (χ1) is 10.1. The molecule has 0 spiro atoms. The van der Waals surface area contributed by atoms with Crippen LogP contribution in [0.4, 0.5) is 5.69 Å². The van der Waals surface area contributed by atoms with Crippen LogP contribution in [0.25, 0.3) is 0 Å². The van der Waals surface area contributed by atoms with Gasteiger partial charge in [-0.2, -0.15) is 0 Å². The number of carbonyl (C=O) groups is 1. The Morgan fingerprint density at radius 2 is 1.81 bits per heavy atom. The van der Waals surface area contributed by atoms with Crippen molar-refractivity contribution in [1.82, 2.24) is 0 Å². The van der Waals surface area contributed by atoms with Gasteiger partial charge < -0.3 is 14.8 Å². The van der Waals surface area contributed by atoms with Crippen molar-refractivity contribution in [2.45, 2.75) is 0 Å². The molecule has 0 fully saturated rings. The molecular weight excluding hydrogens is 405 g/mol. The average Bonchev–Trinajstić information content (AvgIpc) is 2.50. The summed E-state index contributed by atoms with van der Waals surface area (Å²) in [6.07, 6.45) is 0. The smallest absolute Gasteiger partial charge is 0.259 e. The Bertz CT molecular complexity index is 676. The molecule has 1 amide bonds. The Kier molecular flexibility index (Phi) is 5.30. The normalized spacial score (nSPS) is 10.1. The van der Waals surface area contributed by atoms with Gasteiger partial charge >= 0.3 is 0 Å². The number of carbonyl (C=O) groups excluding carboxylic acids is 1. The molecule has 0 bridgehead atoms. The highest BCUT2D eigenvalue weighted by Gasteiger charge is 2.16. The van der Waals surface area contributed by atoms with Crippen LogP contribution in [-0.4, -0.2) is 20.1 Å². The molecule has 4 nitrogen and oxygen atoms in total. The van der Waals surface area contributed by atoms with E-state index in [0.29, 0.717) is 27.8 Å². The standard InChI is InChI=1S/C15H13ClINO3/c1-20-13-6-4-3-5-12(13)18-15(19)9-7-10(16)11(17)8-14(9)21-2/h3-8H,1-2H3,(H,18,19). The number of anilines is 1. The zero-order valence-electron chi connectivity index (χ0n) is 11.4. The second kappa shape index (κ2) is 7.00. The van der Waals surface area contributed by atoms with Gasteiger partial charge in [0.05, 0.1) is 30.5 Å². The van der Waals surface area contributed by atoms with Gasteiger partial charge in [-0.15, -0.1) is 0 Å². The molecule has 0 aliphatic rings. The van der Waals surface area contributed by atoms with Crippen LogP contribution in [-0.2, 0) is 0 Å². The van der Waals surface area contributed by atoms with E-state index in [1.54, 1.807) is 31.4 Å². The zero-order valence-corrected chi connectivity index (χ0v) is 14.4. The van der Waals surface area contributed by atoms with E-state index >= 15 is 0 Å². The Morgan fingerprint density at radius 3 is 2.48 bits per heavy atom. The molecule has 2 rings (SSSR count). The second-order valence-electron chi connectivity index (χ2n) is 4.12. The van der Waals surface area contributed by atoms with Crippen molar-refractivity contribution >= 4 is 45.8 Å². The lowest BCUT2D eigenvalue weighted by Gasteiger charge is -2.12. The Balaban J connectivity index is 2.34. The fourth-order valence-electron chi connectivity index (χ4n) is 1.81. The van der Waals surface area contributed by atoms with Crippen LogP contribution in [0.3, 0.4) is 0 Å². The summed E-state index contributed by atoms with van der Waals surface area (Å²) in [7, 11) is 3.06. The first kappa shape index (κ1) is 15.9. The fourth-order valence-corrected chi connectivity index (χ4v) is 2.41. The van der Waals surface area contributed by atoms with Gasteiger partial charge in [0.1, 0.15) is 11.5 Å². The lowest BCUT2D eigenvalue weighted by Crippen LogP contribution is -2.14. The van der Waals surface area contributed by atoms with E-state index in [1.165, 1.54) is 7.11 Å². The molecule has 0 saturated heterocycles. The first-order valence-electron chi connectivity index (χ1n) is 6.04. The molecule has 0 aliphatic heterocycles. The highest BCUT2D eigenvalue weighted by Crippen LogP contribution is 2.30. The number of para-hydroxylation sites is 2. The third-order valence-electron chi connectivity index (χ3n) is 2.84. The van der Waals surface area contributed by atoms with Crippen molar-refractivity contribution in [3.63, 3.8) is 0 Å². The Morgan fingerprint density at radius 1 is 1.14 bits per heavy atom. The highest BCUT2D eigenvalue weighted by molar-refractivity contribution is 14.1. The van der Waals surface area contributed by atoms with Gasteiger partial charge in [-0.25, -0.2) is 0 Å². The van der Waals surface area contributed by atoms with Crippen LogP contribution in [0.15, 0.2) is 36.4 Å². The largest absolute Gasteiger partial charge is 0.496 e. The minimum atomic E-state index is -0.311. The lowest BCUT2D eigenvalue weighted by atomic mass is 10.1. The van der Waals surface area contributed by atoms with Gasteiger partial charge in [-0.3, -0.25) is 4.79 Å². The van der Waals surface area contributed by atoms with Crippen LogP contribution >= 0.6 is 34.2 Å². The molecule has 6 heteroatoms. The molecule has 0 aliphatic carbocycles. The number of nitrogens with one attached hydrogen (secondary N) is 1. The van der Waals surface area contributed by atoms with Crippen LogP contribution in [0.5, 0.6) is 11.5 Å². The van der Waals surface area contributed by atoms with Gasteiger partial charge in [-0.05, 0) is 46.9 Å². The van der Waals surface area contributed by atoms with E-state index in [-0.39, 0.29) is 5.91 Å². The summed E-state index contributed by atoms with van der Waals surface area (Å²) in [6.45, 7) is 0. The van der Waals surface area contributed by atoms with Crippen molar-refractivity contribution in [2.24, 2.45) is 0 Å². The van der Waals surface area contributed by atoms with Crippen LogP contribution in [0.2, 0.25) is 5.02 Å². The summed E-state index contributed by atoms with van der Waals surface area (Å²) in [5, 5.41) is 3.30. The third kappa shape index (κ3) is 3.59. The van der Waals surface area contributed by atoms with Crippen molar-refractivity contribution in [1.29, 1.82) is 0 Å².